The van der Waals surface area contributed by atoms with Crippen molar-refractivity contribution < 1.29 is 23.8 Å². The highest BCUT2D eigenvalue weighted by Crippen LogP contribution is 2.44. The average Bonchev–Trinajstić information content (AvgIpc) is 2.42. The maximum Gasteiger partial charge on any atom is 0.327 e. The Morgan fingerprint density at radius 1 is 1.08 bits per heavy atom. The Hall–Kier alpha value is -0.870. The Kier molecular flexibility index (Phi) is 6.32. The Balaban J connectivity index is 3.31. The molecule has 0 heterocycles. The van der Waals surface area contributed by atoms with Gasteiger partial charge >= 0.3 is 7.60 Å². The normalized spacial score (nSPS) is 16.7. The van der Waals surface area contributed by atoms with E-state index in [4.69, 9.17) is 9.05 Å². The van der Waals surface area contributed by atoms with E-state index < -0.39 is 13.7 Å². The summed E-state index contributed by atoms with van der Waals surface area (Å²) < 4.78 is 21.8. The summed E-state index contributed by atoms with van der Waals surface area (Å²) in [7, 11) is -1.85. The Labute approximate surface area is 145 Å². The zero-order chi connectivity index (χ0) is 18.9. The van der Waals surface area contributed by atoms with Gasteiger partial charge in [0.05, 0.1) is 6.61 Å². The quantitative estimate of drug-likeness (QED) is 0.758. The molecule has 0 aromatic heterocycles. The number of benzene rings is 1. The molecule has 2 unspecified atom stereocenters. The second-order valence-corrected chi connectivity index (χ2v) is 10.4. The van der Waals surface area contributed by atoms with Crippen LogP contribution in [-0.4, -0.2) is 30.6 Å². The zero-order valence-electron chi connectivity index (χ0n) is 16.0. The summed E-state index contributed by atoms with van der Waals surface area (Å²) in [4.78, 5) is 0. The largest absolute Gasteiger partial charge is 0.507 e. The van der Waals surface area contributed by atoms with Gasteiger partial charge in [0.2, 0.25) is 0 Å². The summed E-state index contributed by atoms with van der Waals surface area (Å²) in [6.45, 7) is 13.3. The van der Waals surface area contributed by atoms with Crippen LogP contribution in [0.2, 0.25) is 0 Å². The smallest absolute Gasteiger partial charge is 0.327 e. The van der Waals surface area contributed by atoms with E-state index in [-0.39, 0.29) is 23.2 Å². The highest BCUT2D eigenvalue weighted by atomic mass is 31.2. The molecule has 2 N–H and O–H groups in total. The molecule has 0 saturated heterocycles. The molecule has 0 radical (unpaired) electrons. The molecule has 0 bridgehead atoms. The maximum atomic E-state index is 11.8. The fraction of sp³-hybridized carbons (Fsp3) is 0.667. The number of phenols is 1. The molecule has 138 valence electrons. The van der Waals surface area contributed by atoms with E-state index in [1.54, 1.807) is 12.1 Å². The van der Waals surface area contributed by atoms with Crippen molar-refractivity contribution in [3.05, 3.63) is 28.8 Å². The zero-order valence-corrected chi connectivity index (χ0v) is 16.9. The maximum absolute atomic E-state index is 11.8. The molecule has 0 aliphatic carbocycles. The van der Waals surface area contributed by atoms with Crippen molar-refractivity contribution in [3.8, 4) is 5.75 Å². The second kappa shape index (κ2) is 7.17. The number of phenolic OH excluding ortho intramolecular Hbond substituents is 1. The Bertz CT molecular complexity index is 590. The van der Waals surface area contributed by atoms with E-state index >= 15 is 0 Å². The van der Waals surface area contributed by atoms with Gasteiger partial charge in [0.1, 0.15) is 11.9 Å². The molecule has 0 aliphatic rings. The molecule has 1 aromatic rings. The van der Waals surface area contributed by atoms with Crippen molar-refractivity contribution in [2.45, 2.75) is 58.5 Å². The number of hydrogen-bond acceptors (Lipinski definition) is 5. The third kappa shape index (κ3) is 5.32. The molecular formula is C18H31O5P. The van der Waals surface area contributed by atoms with Gasteiger partial charge in [0, 0.05) is 13.8 Å². The van der Waals surface area contributed by atoms with Gasteiger partial charge in [-0.1, -0.05) is 41.5 Å². The monoisotopic (exact) mass is 358 g/mol. The van der Waals surface area contributed by atoms with Crippen LogP contribution in [0.4, 0.5) is 0 Å². The van der Waals surface area contributed by atoms with Crippen LogP contribution < -0.4 is 0 Å². The number of aliphatic hydroxyl groups is 1. The van der Waals surface area contributed by atoms with E-state index in [9.17, 15) is 14.8 Å². The first-order chi connectivity index (χ1) is 10.7. The Morgan fingerprint density at radius 3 is 1.83 bits per heavy atom. The van der Waals surface area contributed by atoms with Crippen LogP contribution in [0, 0.1) is 0 Å². The molecule has 0 amide bonds. The predicted octanol–water partition coefficient (Wildman–Crippen LogP) is 4.51. The van der Waals surface area contributed by atoms with Crippen molar-refractivity contribution in [1.29, 1.82) is 0 Å². The van der Waals surface area contributed by atoms with Crippen LogP contribution in [0.15, 0.2) is 12.1 Å². The fourth-order valence-corrected chi connectivity index (χ4v) is 2.86. The van der Waals surface area contributed by atoms with Gasteiger partial charge in [-0.05, 0) is 39.7 Å². The van der Waals surface area contributed by atoms with Crippen molar-refractivity contribution in [2.24, 2.45) is 0 Å². The van der Waals surface area contributed by atoms with Gasteiger partial charge < -0.3 is 19.3 Å². The summed E-state index contributed by atoms with van der Waals surface area (Å²) >= 11 is 0. The molecule has 6 heteroatoms. The van der Waals surface area contributed by atoms with Gasteiger partial charge in [-0.3, -0.25) is 4.57 Å². The van der Waals surface area contributed by atoms with Gasteiger partial charge in [0.25, 0.3) is 0 Å². The highest BCUT2D eigenvalue weighted by Gasteiger charge is 2.28. The first-order valence-electron chi connectivity index (χ1n) is 8.03. The van der Waals surface area contributed by atoms with E-state index in [0.717, 1.165) is 11.1 Å². The lowest BCUT2D eigenvalue weighted by atomic mass is 9.78. The van der Waals surface area contributed by atoms with Crippen LogP contribution in [0.1, 0.15) is 64.3 Å². The molecular weight excluding hydrogens is 327 g/mol. The van der Waals surface area contributed by atoms with E-state index in [1.165, 1.54) is 13.8 Å². The average molecular weight is 358 g/mol. The van der Waals surface area contributed by atoms with Crippen molar-refractivity contribution in [1.82, 2.24) is 0 Å². The minimum atomic E-state index is -3.16. The van der Waals surface area contributed by atoms with E-state index in [1.807, 2.05) is 41.5 Å². The highest BCUT2D eigenvalue weighted by molar-refractivity contribution is 7.52. The number of hydrogen-bond donors (Lipinski definition) is 2. The van der Waals surface area contributed by atoms with Crippen LogP contribution in [-0.2, 0) is 24.4 Å². The molecule has 5 nitrogen and oxygen atoms in total. The minimum absolute atomic E-state index is 0.139. The number of aliphatic hydroxyl groups excluding tert-OH is 1. The van der Waals surface area contributed by atoms with Gasteiger partial charge in [-0.15, -0.1) is 0 Å². The first kappa shape index (κ1) is 21.2. The lowest BCUT2D eigenvalue weighted by Crippen LogP contribution is -2.19. The first-order valence-corrected chi connectivity index (χ1v) is 10.0. The lowest BCUT2D eigenvalue weighted by Gasteiger charge is -2.29. The predicted molar refractivity (Wildman–Crippen MR) is 97.0 cm³/mol. The van der Waals surface area contributed by atoms with E-state index in [2.05, 4.69) is 0 Å². The van der Waals surface area contributed by atoms with Crippen molar-refractivity contribution >= 4 is 7.60 Å². The van der Waals surface area contributed by atoms with Gasteiger partial charge in [-0.2, -0.15) is 0 Å². The number of aromatic hydroxyl groups is 1. The molecule has 0 spiro atoms. The van der Waals surface area contributed by atoms with Crippen LogP contribution in [0.25, 0.3) is 0 Å². The third-order valence-corrected chi connectivity index (χ3v) is 5.21. The second-order valence-electron chi connectivity index (χ2n) is 8.23. The molecule has 1 aromatic carbocycles. The molecule has 1 rings (SSSR count). The fourth-order valence-electron chi connectivity index (χ4n) is 2.35. The van der Waals surface area contributed by atoms with E-state index in [0.29, 0.717) is 5.56 Å². The van der Waals surface area contributed by atoms with Crippen LogP contribution >= 0.6 is 7.60 Å². The standard InChI is InChI=1S/C18H31O5P/c1-17(2,3)13-9-12(10-14(16(13)20)18(4,5)6)15(19)11-23-24(8,21)22-7/h9-10,15,19-20H,11H2,1-8H3. The summed E-state index contributed by atoms with van der Waals surface area (Å²) in [5.74, 6) is 0.255. The van der Waals surface area contributed by atoms with Crippen LogP contribution in [0.5, 0.6) is 5.75 Å². The van der Waals surface area contributed by atoms with Crippen LogP contribution in [0.3, 0.4) is 0 Å². The Morgan fingerprint density at radius 2 is 1.50 bits per heavy atom. The molecule has 2 atom stereocenters. The lowest BCUT2D eigenvalue weighted by molar-refractivity contribution is 0.0975. The van der Waals surface area contributed by atoms with Gasteiger partial charge in [0.15, 0.2) is 0 Å². The minimum Gasteiger partial charge on any atom is -0.507 e. The summed E-state index contributed by atoms with van der Waals surface area (Å²) in [6, 6.07) is 3.57. The summed E-state index contributed by atoms with van der Waals surface area (Å²) in [5.41, 5.74) is 1.57. The topological polar surface area (TPSA) is 76.0 Å². The molecule has 0 aliphatic heterocycles. The molecule has 0 saturated carbocycles. The van der Waals surface area contributed by atoms with Crippen molar-refractivity contribution in [3.63, 3.8) is 0 Å². The molecule has 24 heavy (non-hydrogen) atoms. The molecule has 0 fully saturated rings. The SMILES string of the molecule is COP(C)(=O)OCC(O)c1cc(C(C)(C)C)c(O)c(C(C)(C)C)c1. The summed E-state index contributed by atoms with van der Waals surface area (Å²) in [6.07, 6.45) is -0.962. The van der Waals surface area contributed by atoms with Crippen molar-refractivity contribution in [2.75, 3.05) is 20.4 Å². The summed E-state index contributed by atoms with van der Waals surface area (Å²) in [5, 5.41) is 21.2. The number of rotatable bonds is 5. The van der Waals surface area contributed by atoms with Gasteiger partial charge in [-0.25, -0.2) is 0 Å². The third-order valence-electron chi connectivity index (χ3n) is 3.93.